The molecule has 22 heavy (non-hydrogen) atoms. The van der Waals surface area contributed by atoms with Gasteiger partial charge in [0.25, 0.3) is 0 Å². The summed E-state index contributed by atoms with van der Waals surface area (Å²) in [5.41, 5.74) is 0.801. The average Bonchev–Trinajstić information content (AvgIpc) is 3.17. The molecule has 0 aliphatic heterocycles. The third kappa shape index (κ3) is 3.34. The first-order chi connectivity index (χ1) is 10.6. The number of benzene rings is 1. The maximum atomic E-state index is 11.1. The van der Waals surface area contributed by atoms with Crippen molar-refractivity contribution in [2.24, 2.45) is 0 Å². The van der Waals surface area contributed by atoms with Gasteiger partial charge in [0.15, 0.2) is 0 Å². The van der Waals surface area contributed by atoms with Crippen molar-refractivity contribution < 1.29 is 14.3 Å². The predicted molar refractivity (Wildman–Crippen MR) is 85.2 cm³/mol. The van der Waals surface area contributed by atoms with Crippen LogP contribution >= 0.6 is 11.6 Å². The molecule has 1 saturated carbocycles. The number of carbonyl (C=O) groups is 1. The first-order valence-electron chi connectivity index (χ1n) is 7.49. The number of carboxylic acid groups (broad SMARTS) is 1. The zero-order valence-electron chi connectivity index (χ0n) is 12.1. The largest absolute Gasteiger partial charge is 0.478 e. The molecule has 2 aromatic rings. The van der Waals surface area contributed by atoms with Crippen LogP contribution in [0.3, 0.4) is 0 Å². The minimum atomic E-state index is -0.979. The third-order valence-corrected chi connectivity index (χ3v) is 4.39. The summed E-state index contributed by atoms with van der Waals surface area (Å²) in [5, 5.41) is 13.0. The van der Waals surface area contributed by atoms with Gasteiger partial charge in [-0.1, -0.05) is 24.4 Å². The standard InChI is InChI=1S/C17H18ClNO3/c18-15-7-5-11(17(20)21)9-14(15)16-8-6-13(22-16)10-19-12-3-1-2-4-12/h5-9,12,19H,1-4,10H2,(H,20,21). The Morgan fingerprint density at radius 1 is 1.27 bits per heavy atom. The number of hydrogen-bond acceptors (Lipinski definition) is 3. The Hall–Kier alpha value is -1.78. The second-order valence-corrected chi connectivity index (χ2v) is 6.04. The van der Waals surface area contributed by atoms with Gasteiger partial charge in [0.1, 0.15) is 11.5 Å². The molecule has 1 aromatic heterocycles. The molecule has 3 rings (SSSR count). The molecule has 1 fully saturated rings. The Morgan fingerprint density at radius 3 is 2.77 bits per heavy atom. The number of nitrogens with one attached hydrogen (secondary N) is 1. The number of halogens is 1. The smallest absolute Gasteiger partial charge is 0.335 e. The summed E-state index contributed by atoms with van der Waals surface area (Å²) in [4.78, 5) is 11.1. The van der Waals surface area contributed by atoms with Crippen LogP contribution < -0.4 is 5.32 Å². The van der Waals surface area contributed by atoms with Crippen molar-refractivity contribution in [3.05, 3.63) is 46.7 Å². The van der Waals surface area contributed by atoms with E-state index in [-0.39, 0.29) is 5.56 Å². The topological polar surface area (TPSA) is 62.5 Å². The van der Waals surface area contributed by atoms with E-state index in [9.17, 15) is 4.79 Å². The summed E-state index contributed by atoms with van der Waals surface area (Å²) in [6.07, 6.45) is 5.03. The van der Waals surface area contributed by atoms with Crippen molar-refractivity contribution in [1.29, 1.82) is 0 Å². The van der Waals surface area contributed by atoms with Crippen LogP contribution in [0.4, 0.5) is 0 Å². The van der Waals surface area contributed by atoms with E-state index in [1.807, 2.05) is 12.1 Å². The summed E-state index contributed by atoms with van der Waals surface area (Å²) < 4.78 is 5.81. The van der Waals surface area contributed by atoms with Crippen LogP contribution in [-0.2, 0) is 6.54 Å². The van der Waals surface area contributed by atoms with Crippen molar-refractivity contribution in [1.82, 2.24) is 5.32 Å². The fraction of sp³-hybridized carbons (Fsp3) is 0.353. The highest BCUT2D eigenvalue weighted by molar-refractivity contribution is 6.33. The molecule has 2 N–H and O–H groups in total. The van der Waals surface area contributed by atoms with Crippen LogP contribution in [0.15, 0.2) is 34.7 Å². The quantitative estimate of drug-likeness (QED) is 0.861. The van der Waals surface area contributed by atoms with Crippen LogP contribution in [0.2, 0.25) is 5.02 Å². The summed E-state index contributed by atoms with van der Waals surface area (Å²) in [7, 11) is 0. The van der Waals surface area contributed by atoms with Crippen molar-refractivity contribution in [2.45, 2.75) is 38.3 Å². The van der Waals surface area contributed by atoms with Crippen LogP contribution in [0.1, 0.15) is 41.8 Å². The Morgan fingerprint density at radius 2 is 2.05 bits per heavy atom. The average molecular weight is 320 g/mol. The number of furan rings is 1. The lowest BCUT2D eigenvalue weighted by Crippen LogP contribution is -2.24. The second-order valence-electron chi connectivity index (χ2n) is 5.63. The lowest BCUT2D eigenvalue weighted by atomic mass is 10.1. The molecule has 0 unspecified atom stereocenters. The molecule has 1 aliphatic carbocycles. The molecule has 116 valence electrons. The Bertz CT molecular complexity index is 674. The van der Waals surface area contributed by atoms with E-state index >= 15 is 0 Å². The van der Waals surface area contributed by atoms with Crippen molar-refractivity contribution in [3.63, 3.8) is 0 Å². The summed E-state index contributed by atoms with van der Waals surface area (Å²) >= 11 is 6.16. The minimum Gasteiger partial charge on any atom is -0.478 e. The summed E-state index contributed by atoms with van der Waals surface area (Å²) in [6, 6.07) is 8.92. The van der Waals surface area contributed by atoms with Gasteiger partial charge in [0.05, 0.1) is 17.1 Å². The SMILES string of the molecule is O=C(O)c1ccc(Cl)c(-c2ccc(CNC3CCCC3)o2)c1. The van der Waals surface area contributed by atoms with Crippen molar-refractivity contribution in [2.75, 3.05) is 0 Å². The fourth-order valence-corrected chi connectivity index (χ4v) is 3.05. The van der Waals surface area contributed by atoms with Gasteiger partial charge in [0, 0.05) is 11.6 Å². The van der Waals surface area contributed by atoms with Gasteiger partial charge in [0.2, 0.25) is 0 Å². The Labute approximate surface area is 134 Å². The van der Waals surface area contributed by atoms with E-state index in [1.165, 1.54) is 37.8 Å². The number of carboxylic acids is 1. The lowest BCUT2D eigenvalue weighted by Gasteiger charge is -2.09. The van der Waals surface area contributed by atoms with Gasteiger partial charge in [-0.25, -0.2) is 4.79 Å². The highest BCUT2D eigenvalue weighted by Gasteiger charge is 2.16. The molecule has 0 spiro atoms. The number of aromatic carboxylic acids is 1. The molecule has 1 aliphatic rings. The van der Waals surface area contributed by atoms with E-state index in [2.05, 4.69) is 5.32 Å². The van der Waals surface area contributed by atoms with E-state index in [4.69, 9.17) is 21.1 Å². The van der Waals surface area contributed by atoms with Crippen LogP contribution in [-0.4, -0.2) is 17.1 Å². The zero-order valence-corrected chi connectivity index (χ0v) is 12.9. The van der Waals surface area contributed by atoms with E-state index in [0.717, 1.165) is 5.76 Å². The molecule has 5 heteroatoms. The van der Waals surface area contributed by atoms with Gasteiger partial charge in [-0.3, -0.25) is 0 Å². The minimum absolute atomic E-state index is 0.196. The number of hydrogen-bond donors (Lipinski definition) is 2. The molecular formula is C17H18ClNO3. The molecular weight excluding hydrogens is 302 g/mol. The van der Waals surface area contributed by atoms with Gasteiger partial charge < -0.3 is 14.8 Å². The Balaban J connectivity index is 1.75. The maximum absolute atomic E-state index is 11.1. The molecule has 0 amide bonds. The zero-order chi connectivity index (χ0) is 15.5. The molecule has 0 radical (unpaired) electrons. The second kappa shape index (κ2) is 6.55. The van der Waals surface area contributed by atoms with Gasteiger partial charge in [-0.05, 0) is 43.2 Å². The molecule has 0 bridgehead atoms. The highest BCUT2D eigenvalue weighted by atomic mass is 35.5. The molecule has 0 atom stereocenters. The van der Waals surface area contributed by atoms with E-state index < -0.39 is 5.97 Å². The van der Waals surface area contributed by atoms with Crippen molar-refractivity contribution in [3.8, 4) is 11.3 Å². The fourth-order valence-electron chi connectivity index (χ4n) is 2.84. The third-order valence-electron chi connectivity index (χ3n) is 4.06. The van der Waals surface area contributed by atoms with E-state index in [1.54, 1.807) is 6.07 Å². The normalized spacial score (nSPS) is 15.3. The maximum Gasteiger partial charge on any atom is 0.335 e. The molecule has 1 heterocycles. The first-order valence-corrected chi connectivity index (χ1v) is 7.86. The molecule has 0 saturated heterocycles. The van der Waals surface area contributed by atoms with Crippen LogP contribution in [0.25, 0.3) is 11.3 Å². The van der Waals surface area contributed by atoms with Crippen LogP contribution in [0.5, 0.6) is 0 Å². The van der Waals surface area contributed by atoms with Crippen LogP contribution in [0, 0.1) is 0 Å². The number of rotatable bonds is 5. The van der Waals surface area contributed by atoms with Gasteiger partial charge in [-0.2, -0.15) is 0 Å². The highest BCUT2D eigenvalue weighted by Crippen LogP contribution is 2.30. The van der Waals surface area contributed by atoms with Crippen molar-refractivity contribution >= 4 is 17.6 Å². The Kier molecular flexibility index (Phi) is 4.50. The van der Waals surface area contributed by atoms with E-state index in [0.29, 0.717) is 28.9 Å². The van der Waals surface area contributed by atoms with Gasteiger partial charge in [-0.15, -0.1) is 0 Å². The first kappa shape index (κ1) is 15.1. The lowest BCUT2D eigenvalue weighted by molar-refractivity contribution is 0.0697. The summed E-state index contributed by atoms with van der Waals surface area (Å²) in [6.45, 7) is 0.681. The molecule has 4 nitrogen and oxygen atoms in total. The predicted octanol–water partition coefficient (Wildman–Crippen LogP) is 4.33. The monoisotopic (exact) mass is 319 g/mol. The van der Waals surface area contributed by atoms with Gasteiger partial charge >= 0.3 is 5.97 Å². The summed E-state index contributed by atoms with van der Waals surface area (Å²) in [5.74, 6) is 0.447. The molecule has 1 aromatic carbocycles.